The van der Waals surface area contributed by atoms with E-state index in [9.17, 15) is 9.59 Å². The van der Waals surface area contributed by atoms with Gasteiger partial charge in [0, 0.05) is 18.0 Å². The van der Waals surface area contributed by atoms with Crippen LogP contribution in [0.2, 0.25) is 0 Å². The van der Waals surface area contributed by atoms with Crippen LogP contribution in [0.15, 0.2) is 30.9 Å². The van der Waals surface area contributed by atoms with Crippen LogP contribution in [-0.2, 0) is 4.79 Å². The van der Waals surface area contributed by atoms with Gasteiger partial charge in [-0.25, -0.2) is 0 Å². The summed E-state index contributed by atoms with van der Waals surface area (Å²) in [6.45, 7) is 11.6. The highest BCUT2D eigenvalue weighted by Gasteiger charge is 2.30. The molecular formula is C20H28N2O2. The van der Waals surface area contributed by atoms with Gasteiger partial charge in [-0.15, -0.1) is 6.58 Å². The van der Waals surface area contributed by atoms with Crippen molar-refractivity contribution in [2.45, 2.75) is 39.7 Å². The molecular weight excluding hydrogens is 300 g/mol. The molecule has 2 rings (SSSR count). The van der Waals surface area contributed by atoms with Crippen molar-refractivity contribution in [3.05, 3.63) is 47.5 Å². The molecule has 130 valence electrons. The number of hydrogen-bond donors (Lipinski definition) is 1. The molecule has 1 atom stereocenters. The van der Waals surface area contributed by atoms with E-state index in [-0.39, 0.29) is 23.7 Å². The summed E-state index contributed by atoms with van der Waals surface area (Å²) in [5.41, 5.74) is 3.08. The van der Waals surface area contributed by atoms with Gasteiger partial charge in [0.25, 0.3) is 0 Å². The zero-order valence-electron chi connectivity index (χ0n) is 15.0. The number of nitrogens with one attached hydrogen (secondary N) is 1. The summed E-state index contributed by atoms with van der Waals surface area (Å²) in [5, 5.41) is 2.84. The first-order valence-electron chi connectivity index (χ1n) is 8.68. The van der Waals surface area contributed by atoms with Gasteiger partial charge in [-0.2, -0.15) is 0 Å². The van der Waals surface area contributed by atoms with Crippen molar-refractivity contribution in [2.75, 3.05) is 19.6 Å². The minimum Gasteiger partial charge on any atom is -0.351 e. The van der Waals surface area contributed by atoms with E-state index in [0.29, 0.717) is 6.54 Å². The molecule has 1 aliphatic heterocycles. The molecule has 24 heavy (non-hydrogen) atoms. The molecule has 1 amide bonds. The Balaban J connectivity index is 1.93. The third-order valence-electron chi connectivity index (χ3n) is 4.90. The number of likely N-dealkylation sites (tertiary alicyclic amines) is 1. The number of Topliss-reactive ketones (excluding diaryl/α,β-unsaturated/α-hetero) is 1. The lowest BCUT2D eigenvalue weighted by Crippen LogP contribution is -2.49. The summed E-state index contributed by atoms with van der Waals surface area (Å²) < 4.78 is 0. The SMILES string of the molecule is C=CCNC(=O)[C@H](C)N1CCC(C(=O)c2ccc(C)cc2C)CC1. The Bertz CT molecular complexity index is 616. The van der Waals surface area contributed by atoms with Gasteiger partial charge in [-0.1, -0.05) is 29.8 Å². The van der Waals surface area contributed by atoms with E-state index >= 15 is 0 Å². The first-order chi connectivity index (χ1) is 11.4. The standard InChI is InChI=1S/C20H28N2O2/c1-5-10-21-20(24)16(4)22-11-8-17(9-12-22)19(23)18-7-6-14(2)13-15(18)3/h5-7,13,16-17H,1,8-12H2,2-4H3,(H,21,24)/t16-/m0/s1. The normalized spacial score (nSPS) is 17.3. The number of hydrogen-bond acceptors (Lipinski definition) is 3. The van der Waals surface area contributed by atoms with Crippen molar-refractivity contribution in [1.82, 2.24) is 10.2 Å². The van der Waals surface area contributed by atoms with Crippen molar-refractivity contribution >= 4 is 11.7 Å². The van der Waals surface area contributed by atoms with Gasteiger partial charge >= 0.3 is 0 Å². The van der Waals surface area contributed by atoms with E-state index in [4.69, 9.17) is 0 Å². The van der Waals surface area contributed by atoms with Crippen LogP contribution in [0, 0.1) is 19.8 Å². The van der Waals surface area contributed by atoms with Gasteiger partial charge < -0.3 is 5.32 Å². The Morgan fingerprint density at radius 1 is 1.33 bits per heavy atom. The van der Waals surface area contributed by atoms with Gasteiger partial charge in [-0.05, 0) is 52.3 Å². The number of nitrogens with zero attached hydrogens (tertiary/aromatic N) is 1. The number of piperidine rings is 1. The lowest BCUT2D eigenvalue weighted by molar-refractivity contribution is -0.126. The number of amides is 1. The summed E-state index contributed by atoms with van der Waals surface area (Å²) in [5.74, 6) is 0.330. The van der Waals surface area contributed by atoms with Gasteiger partial charge in [0.1, 0.15) is 0 Å². The quantitative estimate of drug-likeness (QED) is 0.645. The molecule has 0 radical (unpaired) electrons. The third kappa shape index (κ3) is 4.32. The molecule has 1 aliphatic rings. The Kier molecular flexibility index (Phi) is 6.32. The molecule has 1 N–H and O–H groups in total. The molecule has 0 spiro atoms. The average molecular weight is 328 g/mol. The summed E-state index contributed by atoms with van der Waals surface area (Å²) in [6, 6.07) is 5.85. The fourth-order valence-electron chi connectivity index (χ4n) is 3.35. The van der Waals surface area contributed by atoms with Gasteiger partial charge in [0.05, 0.1) is 6.04 Å². The third-order valence-corrected chi connectivity index (χ3v) is 4.90. The molecule has 0 unspecified atom stereocenters. The Hall–Kier alpha value is -1.94. The van der Waals surface area contributed by atoms with Crippen LogP contribution in [0.25, 0.3) is 0 Å². The lowest BCUT2D eigenvalue weighted by Gasteiger charge is -2.34. The van der Waals surface area contributed by atoms with E-state index in [1.54, 1.807) is 6.08 Å². The maximum atomic E-state index is 12.8. The highest BCUT2D eigenvalue weighted by molar-refractivity contribution is 5.99. The molecule has 0 bridgehead atoms. The van der Waals surface area contributed by atoms with E-state index in [2.05, 4.69) is 22.9 Å². The van der Waals surface area contributed by atoms with Crippen molar-refractivity contribution in [3.63, 3.8) is 0 Å². The molecule has 1 heterocycles. The number of carbonyl (C=O) groups is 2. The van der Waals surface area contributed by atoms with Crippen molar-refractivity contribution in [1.29, 1.82) is 0 Å². The highest BCUT2D eigenvalue weighted by atomic mass is 16.2. The van der Waals surface area contributed by atoms with E-state index < -0.39 is 0 Å². The van der Waals surface area contributed by atoms with E-state index in [1.807, 2.05) is 32.9 Å². The largest absolute Gasteiger partial charge is 0.351 e. The fraction of sp³-hybridized carbons (Fsp3) is 0.500. The first kappa shape index (κ1) is 18.4. The van der Waals surface area contributed by atoms with Crippen LogP contribution < -0.4 is 5.32 Å². The minimum atomic E-state index is -0.165. The van der Waals surface area contributed by atoms with Crippen LogP contribution in [0.3, 0.4) is 0 Å². The summed E-state index contributed by atoms with van der Waals surface area (Å²) in [6.07, 6.45) is 3.30. The lowest BCUT2D eigenvalue weighted by atomic mass is 9.86. The van der Waals surface area contributed by atoms with Crippen molar-refractivity contribution < 1.29 is 9.59 Å². The zero-order valence-corrected chi connectivity index (χ0v) is 15.0. The van der Waals surface area contributed by atoms with Crippen LogP contribution >= 0.6 is 0 Å². The van der Waals surface area contributed by atoms with Crippen LogP contribution in [0.4, 0.5) is 0 Å². The maximum absolute atomic E-state index is 12.8. The monoisotopic (exact) mass is 328 g/mol. The minimum absolute atomic E-state index is 0.0223. The van der Waals surface area contributed by atoms with Gasteiger partial charge in [0.2, 0.25) is 5.91 Å². The second-order valence-corrected chi connectivity index (χ2v) is 6.70. The van der Waals surface area contributed by atoms with Crippen LogP contribution in [-0.4, -0.2) is 42.3 Å². The van der Waals surface area contributed by atoms with Crippen LogP contribution in [0.1, 0.15) is 41.3 Å². The molecule has 4 heteroatoms. The second kappa shape index (κ2) is 8.25. The summed E-state index contributed by atoms with van der Waals surface area (Å²) in [7, 11) is 0. The smallest absolute Gasteiger partial charge is 0.237 e. The highest BCUT2D eigenvalue weighted by Crippen LogP contribution is 2.24. The Morgan fingerprint density at radius 2 is 2.00 bits per heavy atom. The van der Waals surface area contributed by atoms with Gasteiger partial charge in [0.15, 0.2) is 5.78 Å². The fourth-order valence-corrected chi connectivity index (χ4v) is 3.35. The van der Waals surface area contributed by atoms with E-state index in [1.165, 1.54) is 5.56 Å². The zero-order chi connectivity index (χ0) is 17.7. The molecule has 0 aromatic heterocycles. The van der Waals surface area contributed by atoms with Crippen LogP contribution in [0.5, 0.6) is 0 Å². The number of ketones is 1. The van der Waals surface area contributed by atoms with E-state index in [0.717, 1.165) is 37.1 Å². The summed E-state index contributed by atoms with van der Waals surface area (Å²) in [4.78, 5) is 27.0. The van der Waals surface area contributed by atoms with Crippen molar-refractivity contribution in [2.24, 2.45) is 5.92 Å². The number of carbonyl (C=O) groups excluding carboxylic acids is 2. The number of rotatable bonds is 6. The summed E-state index contributed by atoms with van der Waals surface area (Å²) >= 11 is 0. The average Bonchev–Trinajstić information content (AvgIpc) is 2.58. The van der Waals surface area contributed by atoms with Crippen molar-refractivity contribution in [3.8, 4) is 0 Å². The molecule has 1 saturated heterocycles. The number of aryl methyl sites for hydroxylation is 2. The predicted molar refractivity (Wildman–Crippen MR) is 97.2 cm³/mol. The topological polar surface area (TPSA) is 49.4 Å². The molecule has 1 aromatic rings. The molecule has 0 aliphatic carbocycles. The van der Waals surface area contributed by atoms with Gasteiger partial charge in [-0.3, -0.25) is 14.5 Å². The Labute approximate surface area is 144 Å². The molecule has 1 aromatic carbocycles. The molecule has 0 saturated carbocycles. The first-order valence-corrected chi connectivity index (χ1v) is 8.68. The number of benzene rings is 1. The molecule has 4 nitrogen and oxygen atoms in total. The molecule has 1 fully saturated rings. The Morgan fingerprint density at radius 3 is 2.58 bits per heavy atom. The maximum Gasteiger partial charge on any atom is 0.237 e. The predicted octanol–water partition coefficient (Wildman–Crippen LogP) is 2.89. The second-order valence-electron chi connectivity index (χ2n) is 6.70.